The second-order valence-corrected chi connectivity index (χ2v) is 4.93. The van der Waals surface area contributed by atoms with Gasteiger partial charge in [0.2, 0.25) is 0 Å². The zero-order chi connectivity index (χ0) is 11.5. The summed E-state index contributed by atoms with van der Waals surface area (Å²) in [6, 6.07) is 10.6. The van der Waals surface area contributed by atoms with Crippen LogP contribution in [0.5, 0.6) is 0 Å². The van der Waals surface area contributed by atoms with Gasteiger partial charge >= 0.3 is 0 Å². The van der Waals surface area contributed by atoms with Gasteiger partial charge in [-0.2, -0.15) is 0 Å². The normalized spacial score (nSPS) is 12.4. The van der Waals surface area contributed by atoms with E-state index >= 15 is 0 Å². The third-order valence-electron chi connectivity index (χ3n) is 2.62. The summed E-state index contributed by atoms with van der Waals surface area (Å²) in [6.07, 6.45) is 0. The van der Waals surface area contributed by atoms with Gasteiger partial charge < -0.3 is 11.1 Å². The molecular formula is C13H16N2S. The Hall–Kier alpha value is -1.48. The van der Waals surface area contributed by atoms with E-state index in [4.69, 9.17) is 5.73 Å². The minimum atomic E-state index is 0.336. The minimum absolute atomic E-state index is 0.336. The number of anilines is 2. The molecule has 1 aromatic heterocycles. The lowest BCUT2D eigenvalue weighted by Gasteiger charge is -2.14. The van der Waals surface area contributed by atoms with E-state index in [1.165, 1.54) is 4.88 Å². The van der Waals surface area contributed by atoms with E-state index in [1.807, 2.05) is 19.1 Å². The Balaban J connectivity index is 2.12. The number of benzene rings is 1. The maximum absolute atomic E-state index is 5.79. The van der Waals surface area contributed by atoms with Crippen molar-refractivity contribution in [2.75, 3.05) is 11.1 Å². The summed E-state index contributed by atoms with van der Waals surface area (Å²) >= 11 is 1.77. The Kier molecular flexibility index (Phi) is 3.15. The lowest BCUT2D eigenvalue weighted by atomic mass is 10.1. The molecule has 0 fully saturated rings. The van der Waals surface area contributed by atoms with Crippen molar-refractivity contribution < 1.29 is 0 Å². The maximum Gasteiger partial charge on any atom is 0.0578 e. The second kappa shape index (κ2) is 4.58. The zero-order valence-corrected chi connectivity index (χ0v) is 10.3. The lowest BCUT2D eigenvalue weighted by Crippen LogP contribution is -2.05. The number of hydrogen-bond acceptors (Lipinski definition) is 3. The van der Waals surface area contributed by atoms with Crippen LogP contribution < -0.4 is 11.1 Å². The van der Waals surface area contributed by atoms with E-state index in [1.54, 1.807) is 11.3 Å². The molecule has 1 atom stereocenters. The van der Waals surface area contributed by atoms with Crippen molar-refractivity contribution in [3.8, 4) is 0 Å². The summed E-state index contributed by atoms with van der Waals surface area (Å²) in [6.45, 7) is 4.19. The monoisotopic (exact) mass is 232 g/mol. The molecule has 0 aliphatic rings. The molecule has 1 unspecified atom stereocenters. The van der Waals surface area contributed by atoms with Crippen LogP contribution in [0.1, 0.15) is 23.4 Å². The van der Waals surface area contributed by atoms with Gasteiger partial charge in [-0.05, 0) is 49.1 Å². The molecule has 0 spiro atoms. The predicted molar refractivity (Wildman–Crippen MR) is 71.9 cm³/mol. The average Bonchev–Trinajstić information content (AvgIpc) is 2.77. The van der Waals surface area contributed by atoms with E-state index in [0.717, 1.165) is 16.9 Å². The summed E-state index contributed by atoms with van der Waals surface area (Å²) in [7, 11) is 0. The number of hydrogen-bond donors (Lipinski definition) is 2. The summed E-state index contributed by atoms with van der Waals surface area (Å²) in [5.74, 6) is 0. The maximum atomic E-state index is 5.79. The van der Waals surface area contributed by atoms with Crippen molar-refractivity contribution in [3.63, 3.8) is 0 Å². The summed E-state index contributed by atoms with van der Waals surface area (Å²) in [5.41, 5.74) is 8.86. The van der Waals surface area contributed by atoms with Crippen LogP contribution in [0.15, 0.2) is 35.7 Å². The predicted octanol–water partition coefficient (Wildman–Crippen LogP) is 3.81. The van der Waals surface area contributed by atoms with Gasteiger partial charge in [-0.1, -0.05) is 6.07 Å². The summed E-state index contributed by atoms with van der Waals surface area (Å²) < 4.78 is 0. The highest BCUT2D eigenvalue weighted by Crippen LogP contribution is 2.24. The molecular weight excluding hydrogens is 216 g/mol. The molecule has 84 valence electrons. The third kappa shape index (κ3) is 2.36. The van der Waals surface area contributed by atoms with E-state index in [2.05, 4.69) is 35.8 Å². The second-order valence-electron chi connectivity index (χ2n) is 3.95. The Morgan fingerprint density at radius 2 is 2.12 bits per heavy atom. The molecule has 1 heterocycles. The standard InChI is InChI=1S/C13H16N2S/c1-9-8-11(5-6-12(9)14)15-10(2)13-4-3-7-16-13/h3-8,10,15H,14H2,1-2H3. The number of aryl methyl sites for hydroxylation is 1. The Labute approximate surface area is 100 Å². The third-order valence-corrected chi connectivity index (χ3v) is 3.68. The smallest absolute Gasteiger partial charge is 0.0578 e. The van der Waals surface area contributed by atoms with Gasteiger partial charge in [0, 0.05) is 16.3 Å². The van der Waals surface area contributed by atoms with Crippen LogP contribution in [0.4, 0.5) is 11.4 Å². The highest BCUT2D eigenvalue weighted by molar-refractivity contribution is 7.10. The highest BCUT2D eigenvalue weighted by Gasteiger charge is 2.06. The molecule has 2 nitrogen and oxygen atoms in total. The summed E-state index contributed by atoms with van der Waals surface area (Å²) in [5, 5.41) is 5.57. The molecule has 3 heteroatoms. The van der Waals surface area contributed by atoms with Crippen LogP contribution in [0, 0.1) is 6.92 Å². The fourth-order valence-electron chi connectivity index (χ4n) is 1.62. The molecule has 0 saturated carbocycles. The van der Waals surface area contributed by atoms with Crippen molar-refractivity contribution in [2.45, 2.75) is 19.9 Å². The minimum Gasteiger partial charge on any atom is -0.399 e. The summed E-state index contributed by atoms with van der Waals surface area (Å²) in [4.78, 5) is 1.34. The first kappa shape index (κ1) is 11.0. The first-order chi connectivity index (χ1) is 7.66. The molecule has 16 heavy (non-hydrogen) atoms. The fraction of sp³-hybridized carbons (Fsp3) is 0.231. The topological polar surface area (TPSA) is 38.0 Å². The van der Waals surface area contributed by atoms with Gasteiger partial charge in [-0.25, -0.2) is 0 Å². The molecule has 1 aromatic carbocycles. The number of nitrogens with two attached hydrogens (primary N) is 1. The SMILES string of the molecule is Cc1cc(NC(C)c2cccs2)ccc1N. The zero-order valence-electron chi connectivity index (χ0n) is 9.53. The van der Waals surface area contributed by atoms with Crippen LogP contribution in [0.2, 0.25) is 0 Å². The average molecular weight is 232 g/mol. The van der Waals surface area contributed by atoms with E-state index in [0.29, 0.717) is 6.04 Å². The molecule has 3 N–H and O–H groups in total. The Morgan fingerprint density at radius 3 is 2.75 bits per heavy atom. The van der Waals surface area contributed by atoms with Crippen molar-refractivity contribution in [1.29, 1.82) is 0 Å². The molecule has 2 rings (SSSR count). The Bertz CT molecular complexity index is 463. The van der Waals surface area contributed by atoms with E-state index < -0.39 is 0 Å². The molecule has 0 bridgehead atoms. The molecule has 0 radical (unpaired) electrons. The van der Waals surface area contributed by atoms with Crippen LogP contribution in [0.25, 0.3) is 0 Å². The van der Waals surface area contributed by atoms with Crippen LogP contribution >= 0.6 is 11.3 Å². The van der Waals surface area contributed by atoms with Gasteiger partial charge in [0.1, 0.15) is 0 Å². The van der Waals surface area contributed by atoms with Gasteiger partial charge in [-0.3, -0.25) is 0 Å². The number of nitrogen functional groups attached to an aromatic ring is 1. The first-order valence-electron chi connectivity index (χ1n) is 5.33. The van der Waals surface area contributed by atoms with E-state index in [-0.39, 0.29) is 0 Å². The highest BCUT2D eigenvalue weighted by atomic mass is 32.1. The first-order valence-corrected chi connectivity index (χ1v) is 6.21. The lowest BCUT2D eigenvalue weighted by molar-refractivity contribution is 0.908. The molecule has 0 aliphatic heterocycles. The van der Waals surface area contributed by atoms with Gasteiger partial charge in [0.05, 0.1) is 6.04 Å². The Morgan fingerprint density at radius 1 is 1.31 bits per heavy atom. The molecule has 0 amide bonds. The van der Waals surface area contributed by atoms with Gasteiger partial charge in [-0.15, -0.1) is 11.3 Å². The largest absolute Gasteiger partial charge is 0.399 e. The van der Waals surface area contributed by atoms with Crippen LogP contribution in [-0.2, 0) is 0 Å². The quantitative estimate of drug-likeness (QED) is 0.790. The van der Waals surface area contributed by atoms with Crippen molar-refractivity contribution in [2.24, 2.45) is 0 Å². The number of thiophene rings is 1. The molecule has 2 aromatic rings. The fourth-order valence-corrected chi connectivity index (χ4v) is 2.36. The van der Waals surface area contributed by atoms with Crippen LogP contribution in [-0.4, -0.2) is 0 Å². The van der Waals surface area contributed by atoms with Crippen molar-refractivity contribution in [1.82, 2.24) is 0 Å². The van der Waals surface area contributed by atoms with E-state index in [9.17, 15) is 0 Å². The van der Waals surface area contributed by atoms with Gasteiger partial charge in [0.15, 0.2) is 0 Å². The van der Waals surface area contributed by atoms with Crippen molar-refractivity contribution in [3.05, 3.63) is 46.2 Å². The molecule has 0 aliphatic carbocycles. The number of nitrogens with one attached hydrogen (secondary N) is 1. The van der Waals surface area contributed by atoms with Crippen LogP contribution in [0.3, 0.4) is 0 Å². The van der Waals surface area contributed by atoms with Crippen molar-refractivity contribution >= 4 is 22.7 Å². The molecule has 0 saturated heterocycles. The van der Waals surface area contributed by atoms with Gasteiger partial charge in [0.25, 0.3) is 0 Å². The number of rotatable bonds is 3.